The molecule has 3 rings (SSSR count). The highest BCUT2D eigenvalue weighted by molar-refractivity contribution is 5.29. The molecule has 1 aromatic rings. The molecule has 0 amide bonds. The monoisotopic (exact) mass is 229 g/mol. The fraction of sp³-hybridized carbons (Fsp3) is 0.467. The van der Waals surface area contributed by atoms with Gasteiger partial charge < -0.3 is 10.5 Å². The number of fused-ring (bicyclic) bond motifs is 2. The summed E-state index contributed by atoms with van der Waals surface area (Å²) in [5, 5.41) is 0. The third kappa shape index (κ3) is 1.44. The van der Waals surface area contributed by atoms with Crippen molar-refractivity contribution < 1.29 is 4.74 Å². The first kappa shape index (κ1) is 10.8. The maximum atomic E-state index is 6.31. The van der Waals surface area contributed by atoms with Gasteiger partial charge in [0.25, 0.3) is 0 Å². The van der Waals surface area contributed by atoms with Crippen LogP contribution in [0.2, 0.25) is 0 Å². The Morgan fingerprint density at radius 2 is 2.06 bits per heavy atom. The fourth-order valence-electron chi connectivity index (χ4n) is 3.83. The van der Waals surface area contributed by atoms with Crippen molar-refractivity contribution >= 4 is 0 Å². The summed E-state index contributed by atoms with van der Waals surface area (Å²) in [6, 6.07) is 10.8. The maximum absolute atomic E-state index is 6.31. The molecule has 0 saturated heterocycles. The molecule has 0 aliphatic heterocycles. The first-order valence-corrected chi connectivity index (χ1v) is 6.38. The van der Waals surface area contributed by atoms with E-state index in [1.807, 2.05) is 6.07 Å². The largest absolute Gasteiger partial charge is 0.490 e. The van der Waals surface area contributed by atoms with Crippen LogP contribution < -0.4 is 5.73 Å². The highest BCUT2D eigenvalue weighted by Gasteiger charge is 2.58. The molecule has 4 unspecified atom stereocenters. The lowest BCUT2D eigenvalue weighted by atomic mass is 9.78. The number of hydrogen-bond donors (Lipinski definition) is 1. The lowest BCUT2D eigenvalue weighted by Gasteiger charge is -2.37. The number of ether oxygens (including phenoxy) is 1. The molecular weight excluding hydrogens is 210 g/mol. The number of hydrogen-bond acceptors (Lipinski definition) is 2. The molecule has 0 aromatic heterocycles. The molecule has 1 aromatic carbocycles. The third-order valence-electron chi connectivity index (χ3n) is 4.58. The standard InChI is InChI=1S/C15H19NO/c1-2-17-15(12-6-4-3-5-7-12)10-11-8-9-13(15)14(11)16/h2-7,11,13-14H,1,8-10,16H2. The van der Waals surface area contributed by atoms with Crippen molar-refractivity contribution in [2.45, 2.75) is 30.9 Å². The molecule has 2 fully saturated rings. The third-order valence-corrected chi connectivity index (χ3v) is 4.58. The Morgan fingerprint density at radius 1 is 1.29 bits per heavy atom. The van der Waals surface area contributed by atoms with Crippen molar-refractivity contribution in [3.63, 3.8) is 0 Å². The van der Waals surface area contributed by atoms with Crippen LogP contribution in [0.1, 0.15) is 24.8 Å². The van der Waals surface area contributed by atoms with Crippen LogP contribution in [-0.4, -0.2) is 6.04 Å². The number of rotatable bonds is 3. The van der Waals surface area contributed by atoms with E-state index in [2.05, 4.69) is 30.8 Å². The van der Waals surface area contributed by atoms with Crippen molar-refractivity contribution in [3.8, 4) is 0 Å². The summed E-state index contributed by atoms with van der Waals surface area (Å²) >= 11 is 0. The Bertz CT molecular complexity index is 416. The minimum Gasteiger partial charge on any atom is -0.490 e. The molecule has 2 aliphatic carbocycles. The second-order valence-electron chi connectivity index (χ2n) is 5.27. The lowest BCUT2D eigenvalue weighted by Crippen LogP contribution is -2.38. The zero-order valence-corrected chi connectivity index (χ0v) is 10.0. The highest BCUT2D eigenvalue weighted by Crippen LogP contribution is 2.56. The van der Waals surface area contributed by atoms with Gasteiger partial charge in [-0.25, -0.2) is 0 Å². The van der Waals surface area contributed by atoms with Crippen molar-refractivity contribution in [1.82, 2.24) is 0 Å². The van der Waals surface area contributed by atoms with Gasteiger partial charge in [0, 0.05) is 12.0 Å². The average molecular weight is 229 g/mol. The van der Waals surface area contributed by atoms with E-state index in [-0.39, 0.29) is 11.6 Å². The molecule has 17 heavy (non-hydrogen) atoms. The van der Waals surface area contributed by atoms with Crippen LogP contribution in [0.15, 0.2) is 43.2 Å². The second-order valence-corrected chi connectivity index (χ2v) is 5.27. The first-order valence-electron chi connectivity index (χ1n) is 6.38. The molecule has 2 N–H and O–H groups in total. The van der Waals surface area contributed by atoms with Crippen LogP contribution in [0.5, 0.6) is 0 Å². The summed E-state index contributed by atoms with van der Waals surface area (Å²) in [4.78, 5) is 0. The molecule has 0 radical (unpaired) electrons. The Kier molecular flexibility index (Phi) is 2.48. The Balaban J connectivity index is 2.03. The van der Waals surface area contributed by atoms with Crippen LogP contribution in [-0.2, 0) is 10.3 Å². The van der Waals surface area contributed by atoms with Crippen LogP contribution >= 0.6 is 0 Å². The van der Waals surface area contributed by atoms with Crippen LogP contribution in [0.25, 0.3) is 0 Å². The van der Waals surface area contributed by atoms with Crippen LogP contribution in [0.4, 0.5) is 0 Å². The van der Waals surface area contributed by atoms with E-state index in [1.54, 1.807) is 6.26 Å². The molecule has 0 spiro atoms. The van der Waals surface area contributed by atoms with Gasteiger partial charge in [0.15, 0.2) is 0 Å². The van der Waals surface area contributed by atoms with E-state index in [9.17, 15) is 0 Å². The Labute approximate surface area is 102 Å². The summed E-state index contributed by atoms with van der Waals surface area (Å²) in [5.74, 6) is 1.05. The molecular formula is C15H19NO. The molecule has 2 saturated carbocycles. The molecule has 0 heterocycles. The molecule has 4 atom stereocenters. The number of benzene rings is 1. The van der Waals surface area contributed by atoms with Gasteiger partial charge in [0.1, 0.15) is 5.60 Å². The molecule has 2 aliphatic rings. The van der Waals surface area contributed by atoms with Crippen molar-refractivity contribution in [1.29, 1.82) is 0 Å². The minimum atomic E-state index is -0.217. The Hall–Kier alpha value is -1.28. The summed E-state index contributed by atoms with van der Waals surface area (Å²) in [6.45, 7) is 3.74. The second kappa shape index (κ2) is 3.88. The quantitative estimate of drug-likeness (QED) is 0.809. The Morgan fingerprint density at radius 3 is 2.59 bits per heavy atom. The van der Waals surface area contributed by atoms with Crippen LogP contribution in [0, 0.1) is 11.8 Å². The lowest BCUT2D eigenvalue weighted by molar-refractivity contribution is -0.0335. The predicted octanol–water partition coefficient (Wildman–Crippen LogP) is 2.80. The zero-order chi connectivity index (χ0) is 11.9. The van der Waals surface area contributed by atoms with Gasteiger partial charge in [-0.1, -0.05) is 36.9 Å². The highest BCUT2D eigenvalue weighted by atomic mass is 16.5. The van der Waals surface area contributed by atoms with E-state index in [0.717, 1.165) is 6.42 Å². The van der Waals surface area contributed by atoms with E-state index < -0.39 is 0 Å². The van der Waals surface area contributed by atoms with Gasteiger partial charge >= 0.3 is 0 Å². The van der Waals surface area contributed by atoms with Gasteiger partial charge in [0.2, 0.25) is 0 Å². The van der Waals surface area contributed by atoms with Gasteiger partial charge in [-0.3, -0.25) is 0 Å². The predicted molar refractivity (Wildman–Crippen MR) is 68.2 cm³/mol. The normalized spacial score (nSPS) is 39.2. The molecule has 90 valence electrons. The van der Waals surface area contributed by atoms with E-state index in [1.165, 1.54) is 18.4 Å². The van der Waals surface area contributed by atoms with E-state index in [4.69, 9.17) is 10.5 Å². The fourth-order valence-corrected chi connectivity index (χ4v) is 3.83. The van der Waals surface area contributed by atoms with Crippen LogP contribution in [0.3, 0.4) is 0 Å². The first-order chi connectivity index (χ1) is 8.28. The molecule has 2 heteroatoms. The SMILES string of the molecule is C=COC1(c2ccccc2)CC2CCC1C2N. The van der Waals surface area contributed by atoms with Crippen molar-refractivity contribution in [3.05, 3.63) is 48.7 Å². The van der Waals surface area contributed by atoms with E-state index >= 15 is 0 Å². The summed E-state index contributed by atoms with van der Waals surface area (Å²) in [5.41, 5.74) is 7.35. The number of nitrogens with two attached hydrogens (primary N) is 1. The van der Waals surface area contributed by atoms with Crippen molar-refractivity contribution in [2.75, 3.05) is 0 Å². The summed E-state index contributed by atoms with van der Waals surface area (Å²) < 4.78 is 5.96. The van der Waals surface area contributed by atoms with Gasteiger partial charge in [-0.15, -0.1) is 0 Å². The molecule has 2 bridgehead atoms. The zero-order valence-electron chi connectivity index (χ0n) is 10.0. The topological polar surface area (TPSA) is 35.2 Å². The average Bonchev–Trinajstić information content (AvgIpc) is 2.85. The van der Waals surface area contributed by atoms with Gasteiger partial charge in [-0.05, 0) is 30.7 Å². The maximum Gasteiger partial charge on any atom is 0.138 e. The summed E-state index contributed by atoms with van der Waals surface area (Å²) in [7, 11) is 0. The van der Waals surface area contributed by atoms with Gasteiger partial charge in [0.05, 0.1) is 6.26 Å². The summed E-state index contributed by atoms with van der Waals surface area (Å²) in [6.07, 6.45) is 5.05. The van der Waals surface area contributed by atoms with Crippen molar-refractivity contribution in [2.24, 2.45) is 17.6 Å². The smallest absolute Gasteiger partial charge is 0.138 e. The molecule has 2 nitrogen and oxygen atoms in total. The van der Waals surface area contributed by atoms with E-state index in [0.29, 0.717) is 11.8 Å². The minimum absolute atomic E-state index is 0.217. The van der Waals surface area contributed by atoms with Gasteiger partial charge in [-0.2, -0.15) is 0 Å².